The van der Waals surface area contributed by atoms with Crippen molar-refractivity contribution >= 4 is 23.2 Å². The lowest BCUT2D eigenvalue weighted by Gasteiger charge is -2.24. The van der Waals surface area contributed by atoms with Gasteiger partial charge in [-0.25, -0.2) is 0 Å². The molecule has 0 bridgehead atoms. The molecule has 0 N–H and O–H groups in total. The maximum atomic E-state index is 13.0. The third-order valence-electron chi connectivity index (χ3n) is 4.75. The highest BCUT2D eigenvalue weighted by Gasteiger charge is 2.37. The van der Waals surface area contributed by atoms with Crippen LogP contribution in [0.5, 0.6) is 5.75 Å². The quantitative estimate of drug-likeness (QED) is 0.829. The summed E-state index contributed by atoms with van der Waals surface area (Å²) in [5.74, 6) is 0.394. The zero-order valence-electron chi connectivity index (χ0n) is 15.4. The first kappa shape index (κ1) is 18.0. The number of ether oxygens (including phenoxy) is 1. The molecule has 1 unspecified atom stereocenters. The summed E-state index contributed by atoms with van der Waals surface area (Å²) >= 11 is 0. The van der Waals surface area contributed by atoms with Crippen molar-refractivity contribution in [3.63, 3.8) is 0 Å². The van der Waals surface area contributed by atoms with Crippen LogP contribution < -0.4 is 14.5 Å². The molecule has 0 aliphatic carbocycles. The molecule has 0 saturated carbocycles. The fourth-order valence-electron chi connectivity index (χ4n) is 3.37. The van der Waals surface area contributed by atoms with Gasteiger partial charge in [-0.2, -0.15) is 0 Å². The van der Waals surface area contributed by atoms with Gasteiger partial charge < -0.3 is 14.5 Å². The first-order chi connectivity index (χ1) is 12.5. The zero-order valence-corrected chi connectivity index (χ0v) is 15.4. The predicted octanol–water partition coefficient (Wildman–Crippen LogP) is 3.41. The van der Waals surface area contributed by atoms with Crippen LogP contribution in [0.3, 0.4) is 0 Å². The van der Waals surface area contributed by atoms with Crippen LogP contribution in [0, 0.1) is 12.8 Å². The molecule has 2 amide bonds. The summed E-state index contributed by atoms with van der Waals surface area (Å²) < 4.78 is 5.16. The number of carbonyl (C=O) groups is 2. The molecule has 0 aromatic heterocycles. The Morgan fingerprint density at radius 1 is 1.23 bits per heavy atom. The van der Waals surface area contributed by atoms with Crippen LogP contribution in [-0.4, -0.2) is 32.0 Å². The number of hydrogen-bond acceptors (Lipinski definition) is 3. The Morgan fingerprint density at radius 2 is 1.96 bits per heavy atom. The summed E-state index contributed by atoms with van der Waals surface area (Å²) in [7, 11) is 1.61. The van der Waals surface area contributed by atoms with E-state index in [9.17, 15) is 9.59 Å². The summed E-state index contributed by atoms with van der Waals surface area (Å²) in [6.45, 7) is 4.95. The van der Waals surface area contributed by atoms with Crippen molar-refractivity contribution in [2.24, 2.45) is 5.92 Å². The molecule has 1 fully saturated rings. The van der Waals surface area contributed by atoms with Crippen molar-refractivity contribution in [1.29, 1.82) is 0 Å². The molecular formula is C21H24N2O3. The minimum Gasteiger partial charge on any atom is -0.497 e. The average Bonchev–Trinajstić information content (AvgIpc) is 3.04. The van der Waals surface area contributed by atoms with Crippen LogP contribution in [0.15, 0.2) is 48.5 Å². The zero-order chi connectivity index (χ0) is 18.7. The van der Waals surface area contributed by atoms with Gasteiger partial charge in [-0.15, -0.1) is 0 Å². The Labute approximate surface area is 154 Å². The van der Waals surface area contributed by atoms with E-state index >= 15 is 0 Å². The van der Waals surface area contributed by atoms with Gasteiger partial charge in [0.05, 0.1) is 13.0 Å². The number of rotatable bonds is 5. The fourth-order valence-corrected chi connectivity index (χ4v) is 3.37. The second-order valence-corrected chi connectivity index (χ2v) is 6.52. The van der Waals surface area contributed by atoms with Crippen molar-refractivity contribution in [2.75, 3.05) is 30.0 Å². The number of aryl methyl sites for hydroxylation is 1. The minimum atomic E-state index is -0.329. The molecule has 3 rings (SSSR count). The van der Waals surface area contributed by atoms with Gasteiger partial charge in [-0.1, -0.05) is 12.1 Å². The molecule has 0 spiro atoms. The number of benzene rings is 2. The third-order valence-corrected chi connectivity index (χ3v) is 4.75. The molecule has 2 aromatic rings. The topological polar surface area (TPSA) is 49.9 Å². The molecule has 136 valence electrons. The Balaban J connectivity index is 1.77. The Bertz CT molecular complexity index is 801. The lowest BCUT2D eigenvalue weighted by atomic mass is 10.1. The molecule has 5 heteroatoms. The van der Waals surface area contributed by atoms with Crippen molar-refractivity contribution in [3.05, 3.63) is 54.1 Å². The van der Waals surface area contributed by atoms with Gasteiger partial charge in [0.15, 0.2) is 0 Å². The van der Waals surface area contributed by atoms with E-state index in [1.165, 1.54) is 0 Å². The van der Waals surface area contributed by atoms with Gasteiger partial charge in [0, 0.05) is 30.9 Å². The molecule has 1 heterocycles. The molecular weight excluding hydrogens is 328 g/mol. The van der Waals surface area contributed by atoms with E-state index in [-0.39, 0.29) is 24.2 Å². The fraction of sp³-hybridized carbons (Fsp3) is 0.333. The summed E-state index contributed by atoms with van der Waals surface area (Å²) in [5.41, 5.74) is 2.79. The van der Waals surface area contributed by atoms with Gasteiger partial charge in [0.1, 0.15) is 5.75 Å². The van der Waals surface area contributed by atoms with Crippen molar-refractivity contribution in [1.82, 2.24) is 0 Å². The van der Waals surface area contributed by atoms with Gasteiger partial charge >= 0.3 is 0 Å². The summed E-state index contributed by atoms with van der Waals surface area (Å²) in [4.78, 5) is 29.0. The van der Waals surface area contributed by atoms with E-state index in [0.717, 1.165) is 22.7 Å². The molecule has 1 saturated heterocycles. The highest BCUT2D eigenvalue weighted by atomic mass is 16.5. The van der Waals surface area contributed by atoms with E-state index in [0.29, 0.717) is 13.1 Å². The molecule has 0 radical (unpaired) electrons. The van der Waals surface area contributed by atoms with Gasteiger partial charge in [0.25, 0.3) is 0 Å². The van der Waals surface area contributed by atoms with Crippen LogP contribution in [0.25, 0.3) is 0 Å². The number of nitrogens with zero attached hydrogens (tertiary/aromatic N) is 2. The van der Waals surface area contributed by atoms with Gasteiger partial charge in [-0.05, 0) is 55.8 Å². The van der Waals surface area contributed by atoms with E-state index in [2.05, 4.69) is 0 Å². The van der Waals surface area contributed by atoms with Gasteiger partial charge in [-0.3, -0.25) is 9.59 Å². The van der Waals surface area contributed by atoms with E-state index < -0.39 is 0 Å². The molecule has 5 nitrogen and oxygen atoms in total. The Morgan fingerprint density at radius 3 is 2.58 bits per heavy atom. The third kappa shape index (κ3) is 3.57. The van der Waals surface area contributed by atoms with E-state index in [4.69, 9.17) is 4.74 Å². The monoisotopic (exact) mass is 352 g/mol. The molecule has 26 heavy (non-hydrogen) atoms. The van der Waals surface area contributed by atoms with Crippen LogP contribution in [0.1, 0.15) is 18.9 Å². The number of anilines is 2. The standard InChI is InChI=1S/C21H24N2O3/c1-4-22(18-7-5-6-15(2)12-18)21(25)16-13-20(24)23(14-16)17-8-10-19(26-3)11-9-17/h5-12,16H,4,13-14H2,1-3H3. The Hall–Kier alpha value is -2.82. The second-order valence-electron chi connectivity index (χ2n) is 6.52. The maximum absolute atomic E-state index is 13.0. The SMILES string of the molecule is CCN(C(=O)C1CC(=O)N(c2ccc(OC)cc2)C1)c1cccc(C)c1. The number of methoxy groups -OCH3 is 1. The van der Waals surface area contributed by atoms with Crippen LogP contribution in [-0.2, 0) is 9.59 Å². The highest BCUT2D eigenvalue weighted by molar-refractivity contribution is 6.04. The van der Waals surface area contributed by atoms with Crippen LogP contribution in [0.4, 0.5) is 11.4 Å². The number of hydrogen-bond donors (Lipinski definition) is 0. The first-order valence-corrected chi connectivity index (χ1v) is 8.86. The lowest BCUT2D eigenvalue weighted by molar-refractivity contribution is -0.124. The number of amides is 2. The maximum Gasteiger partial charge on any atom is 0.232 e. The largest absolute Gasteiger partial charge is 0.497 e. The first-order valence-electron chi connectivity index (χ1n) is 8.86. The van der Waals surface area contributed by atoms with Crippen LogP contribution >= 0.6 is 0 Å². The van der Waals surface area contributed by atoms with E-state index in [1.54, 1.807) is 16.9 Å². The van der Waals surface area contributed by atoms with Crippen molar-refractivity contribution < 1.29 is 14.3 Å². The van der Waals surface area contributed by atoms with Gasteiger partial charge in [0.2, 0.25) is 11.8 Å². The Kier molecular flexibility index (Phi) is 5.26. The summed E-state index contributed by atoms with van der Waals surface area (Å²) in [5, 5.41) is 0. The summed E-state index contributed by atoms with van der Waals surface area (Å²) in [6, 6.07) is 15.2. The van der Waals surface area contributed by atoms with Crippen molar-refractivity contribution in [2.45, 2.75) is 20.3 Å². The molecule has 2 aromatic carbocycles. The molecule has 1 aliphatic heterocycles. The van der Waals surface area contributed by atoms with E-state index in [1.807, 2.05) is 62.4 Å². The number of carbonyl (C=O) groups excluding carboxylic acids is 2. The summed E-state index contributed by atoms with van der Waals surface area (Å²) in [6.07, 6.45) is 0.243. The average molecular weight is 352 g/mol. The molecule has 1 aliphatic rings. The second kappa shape index (κ2) is 7.60. The highest BCUT2D eigenvalue weighted by Crippen LogP contribution is 2.29. The van der Waals surface area contributed by atoms with Crippen LogP contribution in [0.2, 0.25) is 0 Å². The normalized spacial score (nSPS) is 16.7. The predicted molar refractivity (Wildman–Crippen MR) is 103 cm³/mol. The minimum absolute atomic E-state index is 0.00228. The smallest absolute Gasteiger partial charge is 0.232 e. The lowest BCUT2D eigenvalue weighted by Crippen LogP contribution is -2.37. The van der Waals surface area contributed by atoms with Crippen molar-refractivity contribution in [3.8, 4) is 5.75 Å². The molecule has 1 atom stereocenters.